The molecule has 0 radical (unpaired) electrons. The molecule has 0 saturated carbocycles. The predicted molar refractivity (Wildman–Crippen MR) is 83.4 cm³/mol. The van der Waals surface area contributed by atoms with Gasteiger partial charge in [0.25, 0.3) is 0 Å². The largest absolute Gasteiger partial charge is 0.396 e. The third kappa shape index (κ3) is 2.81. The van der Waals surface area contributed by atoms with Gasteiger partial charge in [-0.25, -0.2) is 0 Å². The SMILES string of the molecule is Cl.OCC(c1ccc2ccccc2c1)[C@H]1NCCC1O. The molecule has 20 heavy (non-hydrogen) atoms. The molecule has 3 N–H and O–H groups in total. The summed E-state index contributed by atoms with van der Waals surface area (Å²) in [6.07, 6.45) is 0.387. The number of hydrogen-bond acceptors (Lipinski definition) is 3. The predicted octanol–water partition coefficient (Wildman–Crippen LogP) is 2.06. The van der Waals surface area contributed by atoms with Gasteiger partial charge in [-0.1, -0.05) is 42.5 Å². The Balaban J connectivity index is 0.00000147. The molecule has 108 valence electrons. The standard InChI is InChI=1S/C16H19NO2.ClH/c18-10-14(16-15(19)7-8-17-16)13-6-5-11-3-1-2-4-12(11)9-13;/h1-6,9,14-19H,7-8,10H2;1H/t14?,15?,16-;/m1./s1. The molecule has 1 heterocycles. The van der Waals surface area contributed by atoms with Gasteiger partial charge >= 0.3 is 0 Å². The molecule has 2 unspecified atom stereocenters. The van der Waals surface area contributed by atoms with Gasteiger partial charge in [-0.05, 0) is 29.3 Å². The smallest absolute Gasteiger partial charge is 0.0712 e. The van der Waals surface area contributed by atoms with Crippen molar-refractivity contribution in [2.24, 2.45) is 0 Å². The number of hydrogen-bond donors (Lipinski definition) is 3. The Morgan fingerprint density at radius 1 is 1.15 bits per heavy atom. The first kappa shape index (κ1) is 15.3. The summed E-state index contributed by atoms with van der Waals surface area (Å²) in [4.78, 5) is 0. The van der Waals surface area contributed by atoms with Crippen molar-refractivity contribution >= 4 is 23.2 Å². The van der Waals surface area contributed by atoms with Gasteiger partial charge in [0, 0.05) is 12.0 Å². The number of nitrogens with one attached hydrogen (secondary N) is 1. The fourth-order valence-corrected chi connectivity index (χ4v) is 2.99. The lowest BCUT2D eigenvalue weighted by Gasteiger charge is -2.25. The zero-order valence-corrected chi connectivity index (χ0v) is 12.0. The summed E-state index contributed by atoms with van der Waals surface area (Å²) in [6.45, 7) is 0.864. The summed E-state index contributed by atoms with van der Waals surface area (Å²) in [5.74, 6) is -0.0536. The van der Waals surface area contributed by atoms with E-state index in [0.29, 0.717) is 0 Å². The molecule has 0 spiro atoms. The molecule has 3 atom stereocenters. The van der Waals surface area contributed by atoms with Crippen LogP contribution in [-0.4, -0.2) is 35.5 Å². The Hall–Kier alpha value is -1.13. The average molecular weight is 294 g/mol. The summed E-state index contributed by atoms with van der Waals surface area (Å²) in [7, 11) is 0. The Morgan fingerprint density at radius 3 is 2.55 bits per heavy atom. The molecule has 4 heteroatoms. The summed E-state index contributed by atoms with van der Waals surface area (Å²) in [5.41, 5.74) is 1.08. The topological polar surface area (TPSA) is 52.5 Å². The van der Waals surface area contributed by atoms with Crippen LogP contribution in [-0.2, 0) is 0 Å². The molecule has 1 fully saturated rings. The van der Waals surface area contributed by atoms with Crippen LogP contribution < -0.4 is 5.32 Å². The van der Waals surface area contributed by atoms with Gasteiger partial charge in [0.1, 0.15) is 0 Å². The molecule has 3 rings (SSSR count). The summed E-state index contributed by atoms with van der Waals surface area (Å²) >= 11 is 0. The second-order valence-electron chi connectivity index (χ2n) is 5.23. The van der Waals surface area contributed by atoms with Crippen molar-refractivity contribution in [3.63, 3.8) is 0 Å². The van der Waals surface area contributed by atoms with Gasteiger partial charge in [-0.3, -0.25) is 0 Å². The number of aliphatic hydroxyl groups excluding tert-OH is 2. The minimum Gasteiger partial charge on any atom is -0.396 e. The first-order chi connectivity index (χ1) is 9.29. The van der Waals surface area contributed by atoms with E-state index < -0.39 is 0 Å². The second-order valence-corrected chi connectivity index (χ2v) is 5.23. The Morgan fingerprint density at radius 2 is 1.90 bits per heavy atom. The minimum absolute atomic E-state index is 0. The molecule has 0 aliphatic carbocycles. The minimum atomic E-state index is -0.372. The summed E-state index contributed by atoms with van der Waals surface area (Å²) in [5, 5.41) is 25.3. The van der Waals surface area contributed by atoms with E-state index in [-0.39, 0.29) is 37.1 Å². The van der Waals surface area contributed by atoms with Crippen LogP contribution in [0.3, 0.4) is 0 Å². The van der Waals surface area contributed by atoms with Crippen molar-refractivity contribution in [1.29, 1.82) is 0 Å². The molecule has 1 aliphatic heterocycles. The van der Waals surface area contributed by atoms with Gasteiger partial charge in [0.15, 0.2) is 0 Å². The zero-order valence-electron chi connectivity index (χ0n) is 11.2. The maximum Gasteiger partial charge on any atom is 0.0712 e. The number of fused-ring (bicyclic) bond motifs is 1. The molecular weight excluding hydrogens is 274 g/mol. The lowest BCUT2D eigenvalue weighted by Crippen LogP contribution is -2.38. The van der Waals surface area contributed by atoms with Crippen molar-refractivity contribution in [1.82, 2.24) is 5.32 Å². The van der Waals surface area contributed by atoms with Crippen LogP contribution in [0.1, 0.15) is 17.9 Å². The van der Waals surface area contributed by atoms with E-state index in [9.17, 15) is 10.2 Å². The lowest BCUT2D eigenvalue weighted by atomic mass is 9.88. The van der Waals surface area contributed by atoms with Gasteiger partial charge in [-0.2, -0.15) is 0 Å². The van der Waals surface area contributed by atoms with Crippen molar-refractivity contribution < 1.29 is 10.2 Å². The highest BCUT2D eigenvalue weighted by Crippen LogP contribution is 2.28. The van der Waals surface area contributed by atoms with Crippen LogP contribution in [0.15, 0.2) is 42.5 Å². The highest BCUT2D eigenvalue weighted by atomic mass is 35.5. The Labute approximate surface area is 125 Å². The number of rotatable bonds is 3. The van der Waals surface area contributed by atoms with E-state index >= 15 is 0 Å². The zero-order chi connectivity index (χ0) is 13.2. The number of benzene rings is 2. The van der Waals surface area contributed by atoms with Crippen LogP contribution in [0.4, 0.5) is 0 Å². The first-order valence-corrected chi connectivity index (χ1v) is 6.80. The second kappa shape index (κ2) is 6.55. The number of halogens is 1. The highest BCUT2D eigenvalue weighted by molar-refractivity contribution is 5.85. The molecule has 2 aromatic rings. The van der Waals surface area contributed by atoms with E-state index in [0.717, 1.165) is 18.5 Å². The maximum atomic E-state index is 9.99. The Kier molecular flexibility index (Phi) is 5.00. The molecule has 0 amide bonds. The molecule has 0 bridgehead atoms. The van der Waals surface area contributed by atoms with Crippen LogP contribution in [0, 0.1) is 0 Å². The van der Waals surface area contributed by atoms with E-state index in [1.165, 1.54) is 10.8 Å². The molecule has 3 nitrogen and oxygen atoms in total. The fraction of sp³-hybridized carbons (Fsp3) is 0.375. The number of aliphatic hydroxyl groups is 2. The van der Waals surface area contributed by atoms with Crippen molar-refractivity contribution in [2.45, 2.75) is 24.5 Å². The van der Waals surface area contributed by atoms with Gasteiger partial charge in [-0.15, -0.1) is 12.4 Å². The maximum absolute atomic E-state index is 9.99. The summed E-state index contributed by atoms with van der Waals surface area (Å²) < 4.78 is 0. The van der Waals surface area contributed by atoms with Crippen molar-refractivity contribution in [3.05, 3.63) is 48.0 Å². The molecule has 1 aliphatic rings. The van der Waals surface area contributed by atoms with Crippen molar-refractivity contribution in [2.75, 3.05) is 13.2 Å². The first-order valence-electron chi connectivity index (χ1n) is 6.80. The molecule has 2 aromatic carbocycles. The van der Waals surface area contributed by atoms with E-state index in [1.54, 1.807) is 0 Å². The highest BCUT2D eigenvalue weighted by Gasteiger charge is 2.32. The fourth-order valence-electron chi connectivity index (χ4n) is 2.99. The Bertz CT molecular complexity index is 575. The quantitative estimate of drug-likeness (QED) is 0.812. The molecular formula is C16H20ClNO2. The monoisotopic (exact) mass is 293 g/mol. The van der Waals surface area contributed by atoms with Crippen LogP contribution in [0.25, 0.3) is 10.8 Å². The molecule has 0 aromatic heterocycles. The van der Waals surface area contributed by atoms with Crippen LogP contribution >= 0.6 is 12.4 Å². The van der Waals surface area contributed by atoms with Crippen LogP contribution in [0.2, 0.25) is 0 Å². The third-order valence-corrected chi connectivity index (χ3v) is 4.07. The van der Waals surface area contributed by atoms with Crippen LogP contribution in [0.5, 0.6) is 0 Å². The normalized spacial score (nSPS) is 23.5. The van der Waals surface area contributed by atoms with E-state index in [4.69, 9.17) is 0 Å². The van der Waals surface area contributed by atoms with Gasteiger partial charge in [0.2, 0.25) is 0 Å². The van der Waals surface area contributed by atoms with Crippen molar-refractivity contribution in [3.8, 4) is 0 Å². The summed E-state index contributed by atoms with van der Waals surface area (Å²) in [6, 6.07) is 14.4. The van der Waals surface area contributed by atoms with Gasteiger partial charge < -0.3 is 15.5 Å². The van der Waals surface area contributed by atoms with E-state index in [1.807, 2.05) is 12.1 Å². The average Bonchev–Trinajstić information content (AvgIpc) is 2.86. The van der Waals surface area contributed by atoms with Gasteiger partial charge in [0.05, 0.1) is 12.7 Å². The van der Waals surface area contributed by atoms with E-state index in [2.05, 4.69) is 35.6 Å². The third-order valence-electron chi connectivity index (χ3n) is 4.07. The lowest BCUT2D eigenvalue weighted by molar-refractivity contribution is 0.127. The molecule has 1 saturated heterocycles.